The molecule has 1 unspecified atom stereocenters. The van der Waals surface area contributed by atoms with Crippen LogP contribution in [0.15, 0.2) is 0 Å². The Morgan fingerprint density at radius 1 is 1.05 bits per heavy atom. The van der Waals surface area contributed by atoms with E-state index in [0.717, 1.165) is 25.9 Å². The molecule has 0 aromatic carbocycles. The lowest BCUT2D eigenvalue weighted by molar-refractivity contribution is 0.184. The van der Waals surface area contributed by atoms with E-state index in [1.807, 2.05) is 0 Å². The topological polar surface area (TPSA) is 52.7 Å². The lowest BCUT2D eigenvalue weighted by Gasteiger charge is -2.37. The zero-order valence-electron chi connectivity index (χ0n) is 14.6. The van der Waals surface area contributed by atoms with Gasteiger partial charge in [0.15, 0.2) is 0 Å². The van der Waals surface area contributed by atoms with E-state index >= 15 is 0 Å². The minimum Gasteiger partial charge on any atom is -0.299 e. The third-order valence-electron chi connectivity index (χ3n) is 5.27. The molecule has 2 saturated heterocycles. The summed E-state index contributed by atoms with van der Waals surface area (Å²) in [4.78, 5) is 2.44. The monoisotopic (exact) mass is 331 g/mol. The van der Waals surface area contributed by atoms with Crippen molar-refractivity contribution in [2.75, 3.05) is 32.7 Å². The normalized spacial score (nSPS) is 25.7. The van der Waals surface area contributed by atoms with Crippen LogP contribution in [0, 0.1) is 11.3 Å². The minimum atomic E-state index is -3.33. The van der Waals surface area contributed by atoms with Gasteiger partial charge in [-0.2, -0.15) is 12.7 Å². The molecule has 2 aliphatic rings. The van der Waals surface area contributed by atoms with Gasteiger partial charge in [0.2, 0.25) is 0 Å². The Hall–Kier alpha value is -0.170. The summed E-state index contributed by atoms with van der Waals surface area (Å²) in [5.74, 6) is 0.459. The van der Waals surface area contributed by atoms with Gasteiger partial charge in [0.25, 0.3) is 10.2 Å². The van der Waals surface area contributed by atoms with Gasteiger partial charge in [0, 0.05) is 25.7 Å². The van der Waals surface area contributed by atoms with Crippen molar-refractivity contribution in [2.45, 2.75) is 59.4 Å². The van der Waals surface area contributed by atoms with Gasteiger partial charge >= 0.3 is 0 Å². The van der Waals surface area contributed by atoms with Crippen molar-refractivity contribution >= 4 is 10.2 Å². The molecule has 1 atom stereocenters. The van der Waals surface area contributed by atoms with Gasteiger partial charge in [-0.15, -0.1) is 0 Å². The van der Waals surface area contributed by atoms with Crippen LogP contribution in [0.4, 0.5) is 0 Å². The van der Waals surface area contributed by atoms with E-state index in [0.29, 0.717) is 31.6 Å². The summed E-state index contributed by atoms with van der Waals surface area (Å²) in [6.07, 6.45) is 4.34. The first kappa shape index (κ1) is 18.2. The van der Waals surface area contributed by atoms with Crippen molar-refractivity contribution in [3.05, 3.63) is 0 Å². The highest BCUT2D eigenvalue weighted by molar-refractivity contribution is 7.87. The van der Waals surface area contributed by atoms with Crippen molar-refractivity contribution < 1.29 is 8.42 Å². The second kappa shape index (κ2) is 7.16. The molecule has 0 radical (unpaired) electrons. The van der Waals surface area contributed by atoms with E-state index in [9.17, 15) is 8.42 Å². The van der Waals surface area contributed by atoms with Crippen LogP contribution in [-0.4, -0.2) is 56.4 Å². The van der Waals surface area contributed by atoms with Crippen LogP contribution >= 0.6 is 0 Å². The Balaban J connectivity index is 1.90. The summed E-state index contributed by atoms with van der Waals surface area (Å²) < 4.78 is 29.6. The molecule has 22 heavy (non-hydrogen) atoms. The lowest BCUT2D eigenvalue weighted by Crippen LogP contribution is -2.51. The SMILES string of the molecule is CC(C)C(CNS(=O)(=O)N1CCC(C)(C)CC1)N1CCCC1. The van der Waals surface area contributed by atoms with Crippen LogP contribution < -0.4 is 4.72 Å². The smallest absolute Gasteiger partial charge is 0.279 e. The molecule has 0 saturated carbocycles. The maximum atomic E-state index is 12.5. The standard InChI is InChI=1S/C16H33N3O2S/c1-14(2)15(18-9-5-6-10-18)13-17-22(20,21)19-11-7-16(3,4)8-12-19/h14-15,17H,5-13H2,1-4H3. The summed E-state index contributed by atoms with van der Waals surface area (Å²) in [6.45, 7) is 12.8. The molecule has 0 spiro atoms. The Morgan fingerprint density at radius 2 is 1.59 bits per heavy atom. The molecular weight excluding hydrogens is 298 g/mol. The van der Waals surface area contributed by atoms with Crippen LogP contribution in [0.3, 0.4) is 0 Å². The fraction of sp³-hybridized carbons (Fsp3) is 1.00. The summed E-state index contributed by atoms with van der Waals surface area (Å²) in [5.41, 5.74) is 0.266. The van der Waals surface area contributed by atoms with E-state index in [1.54, 1.807) is 4.31 Å². The summed E-state index contributed by atoms with van der Waals surface area (Å²) in [5, 5.41) is 0. The molecule has 130 valence electrons. The lowest BCUT2D eigenvalue weighted by atomic mass is 9.83. The van der Waals surface area contributed by atoms with E-state index in [1.165, 1.54) is 12.8 Å². The molecule has 2 aliphatic heterocycles. The molecule has 0 aromatic heterocycles. The van der Waals surface area contributed by atoms with Gasteiger partial charge in [0.1, 0.15) is 0 Å². The van der Waals surface area contributed by atoms with Crippen molar-refractivity contribution in [1.29, 1.82) is 0 Å². The molecular formula is C16H33N3O2S. The molecule has 6 heteroatoms. The van der Waals surface area contributed by atoms with Gasteiger partial charge in [-0.3, -0.25) is 4.90 Å². The second-order valence-corrected chi connectivity index (χ2v) is 9.73. The van der Waals surface area contributed by atoms with Crippen molar-refractivity contribution in [2.24, 2.45) is 11.3 Å². The van der Waals surface area contributed by atoms with Crippen LogP contribution in [-0.2, 0) is 10.2 Å². The number of likely N-dealkylation sites (tertiary alicyclic amines) is 1. The maximum Gasteiger partial charge on any atom is 0.279 e. The van der Waals surface area contributed by atoms with E-state index in [4.69, 9.17) is 0 Å². The molecule has 0 bridgehead atoms. The number of nitrogens with zero attached hydrogens (tertiary/aromatic N) is 2. The van der Waals surface area contributed by atoms with Crippen LogP contribution in [0.1, 0.15) is 53.4 Å². The fourth-order valence-corrected chi connectivity index (χ4v) is 4.70. The molecule has 0 aromatic rings. The van der Waals surface area contributed by atoms with Crippen molar-refractivity contribution in [3.63, 3.8) is 0 Å². The number of hydrogen-bond donors (Lipinski definition) is 1. The zero-order chi connectivity index (χ0) is 16.4. The van der Waals surface area contributed by atoms with Crippen LogP contribution in [0.25, 0.3) is 0 Å². The summed E-state index contributed by atoms with van der Waals surface area (Å²) in [7, 11) is -3.33. The van der Waals surface area contributed by atoms with Gasteiger partial charge in [0.05, 0.1) is 0 Å². The van der Waals surface area contributed by atoms with E-state index in [2.05, 4.69) is 37.3 Å². The summed E-state index contributed by atoms with van der Waals surface area (Å²) >= 11 is 0. The van der Waals surface area contributed by atoms with Gasteiger partial charge in [-0.25, -0.2) is 4.72 Å². The Bertz CT molecular complexity index is 446. The van der Waals surface area contributed by atoms with Gasteiger partial charge < -0.3 is 0 Å². The predicted octanol–water partition coefficient (Wildman–Crippen LogP) is 2.06. The highest BCUT2D eigenvalue weighted by atomic mass is 32.2. The fourth-order valence-electron chi connectivity index (χ4n) is 3.47. The molecule has 0 amide bonds. The Morgan fingerprint density at radius 3 is 2.09 bits per heavy atom. The third kappa shape index (κ3) is 4.66. The van der Waals surface area contributed by atoms with Gasteiger partial charge in [-0.05, 0) is 50.1 Å². The largest absolute Gasteiger partial charge is 0.299 e. The first-order valence-electron chi connectivity index (χ1n) is 8.70. The van der Waals surface area contributed by atoms with Crippen molar-refractivity contribution in [3.8, 4) is 0 Å². The summed E-state index contributed by atoms with van der Waals surface area (Å²) in [6, 6.07) is 0.304. The second-order valence-electron chi connectivity index (χ2n) is 7.97. The first-order chi connectivity index (χ1) is 10.2. The predicted molar refractivity (Wildman–Crippen MR) is 90.9 cm³/mol. The van der Waals surface area contributed by atoms with Crippen molar-refractivity contribution in [1.82, 2.24) is 13.9 Å². The highest BCUT2D eigenvalue weighted by Crippen LogP contribution is 2.30. The Labute approximate surface area is 136 Å². The molecule has 1 N–H and O–H groups in total. The van der Waals surface area contributed by atoms with Crippen LogP contribution in [0.2, 0.25) is 0 Å². The number of rotatable bonds is 6. The molecule has 2 fully saturated rings. The molecule has 5 nitrogen and oxygen atoms in total. The third-order valence-corrected chi connectivity index (χ3v) is 6.85. The highest BCUT2D eigenvalue weighted by Gasteiger charge is 2.33. The van der Waals surface area contributed by atoms with E-state index < -0.39 is 10.2 Å². The Kier molecular flexibility index (Phi) is 5.91. The average molecular weight is 332 g/mol. The van der Waals surface area contributed by atoms with Gasteiger partial charge in [-0.1, -0.05) is 27.7 Å². The molecule has 2 heterocycles. The van der Waals surface area contributed by atoms with Crippen LogP contribution in [0.5, 0.6) is 0 Å². The van der Waals surface area contributed by atoms with E-state index in [-0.39, 0.29) is 5.41 Å². The quantitative estimate of drug-likeness (QED) is 0.810. The minimum absolute atomic E-state index is 0.266. The number of nitrogens with one attached hydrogen (secondary N) is 1. The number of hydrogen-bond acceptors (Lipinski definition) is 3. The zero-order valence-corrected chi connectivity index (χ0v) is 15.5. The molecule has 2 rings (SSSR count). The first-order valence-corrected chi connectivity index (χ1v) is 10.1. The maximum absolute atomic E-state index is 12.5. The molecule has 0 aliphatic carbocycles. The number of piperidine rings is 1. The average Bonchev–Trinajstić information content (AvgIpc) is 2.91.